The molecule has 0 saturated carbocycles. The van der Waals surface area contributed by atoms with Crippen molar-refractivity contribution in [3.63, 3.8) is 0 Å². The molecule has 2 aromatic rings. The molecule has 4 rings (SSSR count). The molecule has 2 aliphatic rings. The van der Waals surface area contributed by atoms with Crippen LogP contribution in [0.3, 0.4) is 0 Å². The molecular formula is C23H29N3O2. The number of rotatable bonds is 3. The molecule has 148 valence electrons. The molecule has 0 radical (unpaired) electrons. The van der Waals surface area contributed by atoms with E-state index >= 15 is 0 Å². The van der Waals surface area contributed by atoms with Crippen molar-refractivity contribution in [1.82, 2.24) is 14.8 Å². The van der Waals surface area contributed by atoms with Gasteiger partial charge < -0.3 is 10.0 Å². The second-order valence-electron chi connectivity index (χ2n) is 8.40. The minimum atomic E-state index is -0.554. The number of hydrogen-bond acceptors (Lipinski definition) is 4. The van der Waals surface area contributed by atoms with E-state index in [1.807, 2.05) is 49.6 Å². The van der Waals surface area contributed by atoms with Gasteiger partial charge in [0.1, 0.15) is 0 Å². The fourth-order valence-corrected chi connectivity index (χ4v) is 5.05. The van der Waals surface area contributed by atoms with Crippen LogP contribution in [0.15, 0.2) is 48.7 Å². The summed E-state index contributed by atoms with van der Waals surface area (Å²) in [6.07, 6.45) is 3.60. The molecule has 3 heterocycles. The van der Waals surface area contributed by atoms with Gasteiger partial charge in [0.05, 0.1) is 23.3 Å². The van der Waals surface area contributed by atoms with Gasteiger partial charge in [-0.1, -0.05) is 36.4 Å². The number of aliphatic hydroxyl groups excluding tert-OH is 1. The number of carbonyl (C=O) groups excluding carboxylic acids is 1. The Morgan fingerprint density at radius 2 is 2.00 bits per heavy atom. The van der Waals surface area contributed by atoms with Crippen molar-refractivity contribution in [2.45, 2.75) is 44.9 Å². The summed E-state index contributed by atoms with van der Waals surface area (Å²) in [4.78, 5) is 22.1. The number of benzene rings is 1. The van der Waals surface area contributed by atoms with E-state index in [4.69, 9.17) is 0 Å². The van der Waals surface area contributed by atoms with Crippen LogP contribution in [0.2, 0.25) is 0 Å². The molecule has 2 aliphatic heterocycles. The first kappa shape index (κ1) is 19.1. The third kappa shape index (κ3) is 3.45. The normalized spacial score (nSPS) is 28.7. The number of aromatic nitrogens is 1. The van der Waals surface area contributed by atoms with E-state index in [0.29, 0.717) is 13.0 Å². The third-order valence-electron chi connectivity index (χ3n) is 6.44. The second kappa shape index (κ2) is 7.64. The van der Waals surface area contributed by atoms with Crippen molar-refractivity contribution in [2.75, 3.05) is 20.1 Å². The SMILES string of the molecule is Cc1cccnc1CN1CCC[C@@]2(C[C@@H](O)[C@H](c3ccccc3)N(C)C2=O)C1. The Balaban J connectivity index is 1.54. The Labute approximate surface area is 167 Å². The second-order valence-corrected chi connectivity index (χ2v) is 8.40. The molecule has 5 heteroatoms. The minimum Gasteiger partial charge on any atom is -0.391 e. The molecule has 1 aromatic carbocycles. The van der Waals surface area contributed by atoms with Crippen molar-refractivity contribution in [3.8, 4) is 0 Å². The van der Waals surface area contributed by atoms with Gasteiger partial charge >= 0.3 is 0 Å². The van der Waals surface area contributed by atoms with Gasteiger partial charge in [-0.15, -0.1) is 0 Å². The Bertz CT molecular complexity index is 841. The summed E-state index contributed by atoms with van der Waals surface area (Å²) in [5.74, 6) is 0.161. The van der Waals surface area contributed by atoms with Crippen LogP contribution >= 0.6 is 0 Å². The monoisotopic (exact) mass is 379 g/mol. The van der Waals surface area contributed by atoms with Crippen LogP contribution in [0, 0.1) is 12.3 Å². The summed E-state index contributed by atoms with van der Waals surface area (Å²) < 4.78 is 0. The molecule has 2 fully saturated rings. The van der Waals surface area contributed by atoms with Gasteiger partial charge in [0.15, 0.2) is 0 Å². The molecule has 1 spiro atoms. The maximum absolute atomic E-state index is 13.5. The van der Waals surface area contributed by atoms with Gasteiger partial charge in [-0.2, -0.15) is 0 Å². The maximum Gasteiger partial charge on any atom is 0.230 e. The molecule has 1 N–H and O–H groups in total. The molecule has 5 nitrogen and oxygen atoms in total. The average Bonchev–Trinajstić information content (AvgIpc) is 2.69. The average molecular weight is 380 g/mol. The summed E-state index contributed by atoms with van der Waals surface area (Å²) in [6.45, 7) is 4.48. The first-order valence-corrected chi connectivity index (χ1v) is 10.1. The predicted octanol–water partition coefficient (Wildman–Crippen LogP) is 2.94. The predicted molar refractivity (Wildman–Crippen MR) is 108 cm³/mol. The Kier molecular flexibility index (Phi) is 5.21. The highest BCUT2D eigenvalue weighted by molar-refractivity contribution is 5.84. The summed E-state index contributed by atoms with van der Waals surface area (Å²) >= 11 is 0. The molecule has 28 heavy (non-hydrogen) atoms. The van der Waals surface area contributed by atoms with Gasteiger partial charge in [-0.25, -0.2) is 0 Å². The maximum atomic E-state index is 13.5. The van der Waals surface area contributed by atoms with Crippen LogP contribution in [0.5, 0.6) is 0 Å². The van der Waals surface area contributed by atoms with Crippen molar-refractivity contribution in [2.24, 2.45) is 5.41 Å². The van der Waals surface area contributed by atoms with E-state index < -0.39 is 11.5 Å². The van der Waals surface area contributed by atoms with Crippen molar-refractivity contribution >= 4 is 5.91 Å². The van der Waals surface area contributed by atoms with Crippen molar-refractivity contribution in [3.05, 3.63) is 65.5 Å². The van der Waals surface area contributed by atoms with E-state index in [0.717, 1.165) is 37.2 Å². The van der Waals surface area contributed by atoms with Crippen LogP contribution < -0.4 is 0 Å². The van der Waals surface area contributed by atoms with Gasteiger partial charge in [0, 0.05) is 26.3 Å². The largest absolute Gasteiger partial charge is 0.391 e. The number of aryl methyl sites for hydroxylation is 1. The lowest BCUT2D eigenvalue weighted by Gasteiger charge is -2.51. The number of likely N-dealkylation sites (tertiary alicyclic amines) is 2. The van der Waals surface area contributed by atoms with Crippen LogP contribution in [0.1, 0.15) is 42.1 Å². The van der Waals surface area contributed by atoms with Crippen LogP contribution in [-0.2, 0) is 11.3 Å². The number of amides is 1. The quantitative estimate of drug-likeness (QED) is 0.891. The molecule has 1 amide bonds. The lowest BCUT2D eigenvalue weighted by atomic mass is 9.69. The van der Waals surface area contributed by atoms with Crippen molar-refractivity contribution < 1.29 is 9.90 Å². The Hall–Kier alpha value is -2.24. The van der Waals surface area contributed by atoms with Gasteiger partial charge in [-0.05, 0) is 49.9 Å². The molecule has 3 atom stereocenters. The third-order valence-corrected chi connectivity index (χ3v) is 6.44. The highest BCUT2D eigenvalue weighted by Gasteiger charge is 2.51. The number of likely N-dealkylation sites (N-methyl/N-ethyl adjacent to an activating group) is 1. The summed E-state index contributed by atoms with van der Waals surface area (Å²) in [5, 5.41) is 11.0. The van der Waals surface area contributed by atoms with E-state index in [-0.39, 0.29) is 11.9 Å². The van der Waals surface area contributed by atoms with Crippen LogP contribution in [-0.4, -0.2) is 52.0 Å². The molecular weight excluding hydrogens is 350 g/mol. The number of carbonyl (C=O) groups is 1. The molecule has 0 bridgehead atoms. The van der Waals surface area contributed by atoms with E-state index in [9.17, 15) is 9.90 Å². The number of nitrogens with zero attached hydrogens (tertiary/aromatic N) is 3. The minimum absolute atomic E-state index is 0.161. The lowest BCUT2D eigenvalue weighted by molar-refractivity contribution is -0.162. The van der Waals surface area contributed by atoms with Crippen LogP contribution in [0.4, 0.5) is 0 Å². The fraction of sp³-hybridized carbons (Fsp3) is 0.478. The Morgan fingerprint density at radius 1 is 1.21 bits per heavy atom. The molecule has 0 aliphatic carbocycles. The molecule has 1 aromatic heterocycles. The highest BCUT2D eigenvalue weighted by Crippen LogP contribution is 2.45. The first-order chi connectivity index (χ1) is 13.5. The number of piperidine rings is 2. The Morgan fingerprint density at radius 3 is 2.75 bits per heavy atom. The summed E-state index contributed by atoms with van der Waals surface area (Å²) in [6, 6.07) is 13.6. The number of aliphatic hydroxyl groups is 1. The van der Waals surface area contributed by atoms with Gasteiger partial charge in [-0.3, -0.25) is 14.7 Å². The number of hydrogen-bond donors (Lipinski definition) is 1. The summed E-state index contributed by atoms with van der Waals surface area (Å²) in [7, 11) is 1.84. The van der Waals surface area contributed by atoms with E-state index in [1.54, 1.807) is 4.90 Å². The highest BCUT2D eigenvalue weighted by atomic mass is 16.3. The van der Waals surface area contributed by atoms with Crippen molar-refractivity contribution in [1.29, 1.82) is 0 Å². The number of pyridine rings is 1. The topological polar surface area (TPSA) is 56.7 Å². The lowest BCUT2D eigenvalue weighted by Crippen LogP contribution is -2.59. The zero-order valence-electron chi connectivity index (χ0n) is 16.7. The van der Waals surface area contributed by atoms with Crippen LogP contribution in [0.25, 0.3) is 0 Å². The van der Waals surface area contributed by atoms with Gasteiger partial charge in [0.2, 0.25) is 5.91 Å². The smallest absolute Gasteiger partial charge is 0.230 e. The van der Waals surface area contributed by atoms with E-state index in [2.05, 4.69) is 22.9 Å². The zero-order valence-corrected chi connectivity index (χ0v) is 16.7. The van der Waals surface area contributed by atoms with Gasteiger partial charge in [0.25, 0.3) is 0 Å². The summed E-state index contributed by atoms with van der Waals surface area (Å²) in [5.41, 5.74) is 2.75. The fourth-order valence-electron chi connectivity index (χ4n) is 5.05. The standard InChI is InChI=1S/C23H29N3O2/c1-17-8-6-12-24-19(17)15-26-13-7-11-23(16-26)14-20(27)21(25(2)22(23)28)18-9-4-3-5-10-18/h3-6,8-10,12,20-21,27H,7,11,13-16H2,1-2H3/t20-,21+,23-/m1/s1. The van der Waals surface area contributed by atoms with E-state index in [1.165, 1.54) is 5.56 Å². The molecule has 2 saturated heterocycles. The zero-order chi connectivity index (χ0) is 19.7. The first-order valence-electron chi connectivity index (χ1n) is 10.1. The molecule has 0 unspecified atom stereocenters.